The molecule has 0 aliphatic rings. The van der Waals surface area contributed by atoms with Gasteiger partial charge in [0.15, 0.2) is 0 Å². The molecule has 2 atom stereocenters. The first-order valence-corrected chi connectivity index (χ1v) is 6.61. The first-order valence-electron chi connectivity index (χ1n) is 6.61. The maximum atomic E-state index is 9.19. The largest absolute Gasteiger partial charge is 0.393 e. The highest BCUT2D eigenvalue weighted by atomic mass is 16.3. The number of aryl methyl sites for hydroxylation is 1. The minimum absolute atomic E-state index is 0.184. The predicted octanol–water partition coefficient (Wildman–Crippen LogP) is 3.20. The van der Waals surface area contributed by atoms with Crippen molar-refractivity contribution in [2.45, 2.75) is 52.2 Å². The van der Waals surface area contributed by atoms with E-state index in [0.29, 0.717) is 6.04 Å². The summed E-state index contributed by atoms with van der Waals surface area (Å²) in [6, 6.07) is 9.16. The van der Waals surface area contributed by atoms with E-state index in [9.17, 15) is 5.11 Å². The summed E-state index contributed by atoms with van der Waals surface area (Å²) >= 11 is 0. The summed E-state index contributed by atoms with van der Waals surface area (Å²) in [6.07, 6.45) is 2.81. The molecule has 0 aliphatic carbocycles. The molecule has 1 aromatic carbocycles. The summed E-state index contributed by atoms with van der Waals surface area (Å²) < 4.78 is 0. The van der Waals surface area contributed by atoms with Gasteiger partial charge in [0.05, 0.1) is 6.10 Å². The third-order valence-electron chi connectivity index (χ3n) is 3.08. The molecule has 0 heterocycles. The molecule has 0 saturated carbocycles. The van der Waals surface area contributed by atoms with Crippen LogP contribution >= 0.6 is 0 Å². The van der Waals surface area contributed by atoms with Crippen LogP contribution in [0.25, 0.3) is 0 Å². The van der Waals surface area contributed by atoms with Crippen LogP contribution in [-0.2, 0) is 0 Å². The van der Waals surface area contributed by atoms with Gasteiger partial charge in [0.25, 0.3) is 0 Å². The number of hydrogen-bond donors (Lipinski definition) is 2. The first kappa shape index (κ1) is 14.2. The summed E-state index contributed by atoms with van der Waals surface area (Å²) in [6.45, 7) is 7.13. The molecule has 0 saturated heterocycles. The van der Waals surface area contributed by atoms with E-state index in [1.54, 1.807) is 0 Å². The Morgan fingerprint density at radius 1 is 1.24 bits per heavy atom. The van der Waals surface area contributed by atoms with Crippen LogP contribution in [-0.4, -0.2) is 17.8 Å². The maximum absolute atomic E-state index is 9.19. The summed E-state index contributed by atoms with van der Waals surface area (Å²) in [4.78, 5) is 0. The number of nitrogens with one attached hydrogen (secondary N) is 1. The van der Waals surface area contributed by atoms with Gasteiger partial charge in [-0.05, 0) is 45.2 Å². The van der Waals surface area contributed by atoms with Gasteiger partial charge in [-0.25, -0.2) is 0 Å². The Kier molecular flexibility index (Phi) is 6.23. The van der Waals surface area contributed by atoms with E-state index in [0.717, 1.165) is 25.8 Å². The number of benzene rings is 1. The fourth-order valence-electron chi connectivity index (χ4n) is 1.97. The molecule has 17 heavy (non-hydrogen) atoms. The Balaban J connectivity index is 2.40. The van der Waals surface area contributed by atoms with Gasteiger partial charge in [0.1, 0.15) is 0 Å². The SMILES string of the molecule is CCC(NCCCC(C)O)c1ccc(C)cc1. The van der Waals surface area contributed by atoms with E-state index >= 15 is 0 Å². The molecule has 0 aromatic heterocycles. The van der Waals surface area contributed by atoms with Gasteiger partial charge in [-0.3, -0.25) is 0 Å². The highest BCUT2D eigenvalue weighted by Gasteiger charge is 2.07. The van der Waals surface area contributed by atoms with Gasteiger partial charge in [-0.15, -0.1) is 0 Å². The number of aliphatic hydroxyl groups is 1. The zero-order valence-electron chi connectivity index (χ0n) is 11.2. The second kappa shape index (κ2) is 7.46. The predicted molar refractivity (Wildman–Crippen MR) is 73.1 cm³/mol. The molecule has 2 heteroatoms. The normalized spacial score (nSPS) is 14.6. The zero-order valence-corrected chi connectivity index (χ0v) is 11.2. The van der Waals surface area contributed by atoms with Crippen molar-refractivity contribution in [3.05, 3.63) is 35.4 Å². The topological polar surface area (TPSA) is 32.3 Å². The van der Waals surface area contributed by atoms with Crippen molar-refractivity contribution in [2.24, 2.45) is 0 Å². The molecule has 0 radical (unpaired) electrons. The molecule has 96 valence electrons. The average molecular weight is 235 g/mol. The quantitative estimate of drug-likeness (QED) is 0.711. The molecule has 0 amide bonds. The summed E-state index contributed by atoms with van der Waals surface area (Å²) in [5, 5.41) is 12.7. The molecule has 0 bridgehead atoms. The van der Waals surface area contributed by atoms with E-state index in [2.05, 4.69) is 43.4 Å². The van der Waals surface area contributed by atoms with Crippen LogP contribution in [0.15, 0.2) is 24.3 Å². The van der Waals surface area contributed by atoms with Crippen molar-refractivity contribution in [3.63, 3.8) is 0 Å². The standard InChI is InChI=1S/C15H25NO/c1-4-15(16-11-5-6-13(3)17)14-9-7-12(2)8-10-14/h7-10,13,15-17H,4-6,11H2,1-3H3. The first-order chi connectivity index (χ1) is 8.13. The van der Waals surface area contributed by atoms with Crippen LogP contribution in [0.5, 0.6) is 0 Å². The van der Waals surface area contributed by atoms with Crippen LogP contribution in [0, 0.1) is 6.92 Å². The molecular weight excluding hydrogens is 210 g/mol. The molecule has 1 rings (SSSR count). The van der Waals surface area contributed by atoms with Crippen LogP contribution in [0.1, 0.15) is 50.3 Å². The smallest absolute Gasteiger partial charge is 0.0512 e. The van der Waals surface area contributed by atoms with Crippen LogP contribution in [0.4, 0.5) is 0 Å². The lowest BCUT2D eigenvalue weighted by Crippen LogP contribution is -2.22. The van der Waals surface area contributed by atoms with Gasteiger partial charge in [-0.1, -0.05) is 36.8 Å². The second-order valence-electron chi connectivity index (χ2n) is 4.82. The summed E-state index contributed by atoms with van der Waals surface area (Å²) in [5.74, 6) is 0. The third kappa shape index (κ3) is 5.33. The van der Waals surface area contributed by atoms with Crippen molar-refractivity contribution in [1.82, 2.24) is 5.32 Å². The van der Waals surface area contributed by atoms with E-state index in [1.807, 2.05) is 6.92 Å². The van der Waals surface area contributed by atoms with Gasteiger partial charge < -0.3 is 10.4 Å². The van der Waals surface area contributed by atoms with Crippen molar-refractivity contribution in [2.75, 3.05) is 6.54 Å². The molecule has 2 N–H and O–H groups in total. The Hall–Kier alpha value is -0.860. The van der Waals surface area contributed by atoms with E-state index in [-0.39, 0.29) is 6.10 Å². The Labute approximate surface area is 105 Å². The lowest BCUT2D eigenvalue weighted by Gasteiger charge is -2.18. The molecule has 0 aliphatic heterocycles. The second-order valence-corrected chi connectivity index (χ2v) is 4.82. The van der Waals surface area contributed by atoms with Crippen molar-refractivity contribution in [3.8, 4) is 0 Å². The fraction of sp³-hybridized carbons (Fsp3) is 0.600. The molecule has 2 unspecified atom stereocenters. The number of hydrogen-bond acceptors (Lipinski definition) is 2. The Bertz CT molecular complexity index is 305. The van der Waals surface area contributed by atoms with E-state index in [4.69, 9.17) is 0 Å². The van der Waals surface area contributed by atoms with Crippen LogP contribution < -0.4 is 5.32 Å². The maximum Gasteiger partial charge on any atom is 0.0512 e. The van der Waals surface area contributed by atoms with Gasteiger partial charge >= 0.3 is 0 Å². The minimum Gasteiger partial charge on any atom is -0.393 e. The molecule has 0 spiro atoms. The Morgan fingerprint density at radius 3 is 2.41 bits per heavy atom. The van der Waals surface area contributed by atoms with Crippen LogP contribution in [0.2, 0.25) is 0 Å². The average Bonchev–Trinajstić information content (AvgIpc) is 2.30. The van der Waals surface area contributed by atoms with E-state index in [1.165, 1.54) is 11.1 Å². The minimum atomic E-state index is -0.184. The third-order valence-corrected chi connectivity index (χ3v) is 3.08. The highest BCUT2D eigenvalue weighted by Crippen LogP contribution is 2.17. The zero-order chi connectivity index (χ0) is 12.7. The lowest BCUT2D eigenvalue weighted by molar-refractivity contribution is 0.181. The van der Waals surface area contributed by atoms with Crippen molar-refractivity contribution < 1.29 is 5.11 Å². The molecule has 2 nitrogen and oxygen atoms in total. The highest BCUT2D eigenvalue weighted by molar-refractivity contribution is 5.23. The summed E-state index contributed by atoms with van der Waals surface area (Å²) in [5.41, 5.74) is 2.66. The number of rotatable bonds is 7. The summed E-state index contributed by atoms with van der Waals surface area (Å²) in [7, 11) is 0. The van der Waals surface area contributed by atoms with Gasteiger partial charge in [0.2, 0.25) is 0 Å². The van der Waals surface area contributed by atoms with Crippen molar-refractivity contribution >= 4 is 0 Å². The van der Waals surface area contributed by atoms with Gasteiger partial charge in [0, 0.05) is 6.04 Å². The van der Waals surface area contributed by atoms with Crippen molar-refractivity contribution in [1.29, 1.82) is 0 Å². The van der Waals surface area contributed by atoms with Crippen LogP contribution in [0.3, 0.4) is 0 Å². The lowest BCUT2D eigenvalue weighted by atomic mass is 10.0. The Morgan fingerprint density at radius 2 is 1.88 bits per heavy atom. The number of aliphatic hydroxyl groups excluding tert-OH is 1. The fourth-order valence-corrected chi connectivity index (χ4v) is 1.97. The van der Waals surface area contributed by atoms with Gasteiger partial charge in [-0.2, -0.15) is 0 Å². The molecule has 1 aromatic rings. The van der Waals surface area contributed by atoms with E-state index < -0.39 is 0 Å². The molecule has 0 fully saturated rings. The monoisotopic (exact) mass is 235 g/mol. The molecular formula is C15H25NO.